The minimum atomic E-state index is -0.398. The van der Waals surface area contributed by atoms with Crippen molar-refractivity contribution in [2.75, 3.05) is 31.6 Å². The van der Waals surface area contributed by atoms with Crippen LogP contribution in [0.4, 0.5) is 10.1 Å². The number of halogens is 1. The normalized spacial score (nSPS) is 15.3. The van der Waals surface area contributed by atoms with Gasteiger partial charge in [-0.05, 0) is 18.2 Å². The number of nitrogens with zero attached hydrogens (tertiary/aromatic N) is 1. The minimum Gasteiger partial charge on any atom is -0.378 e. The van der Waals surface area contributed by atoms with Gasteiger partial charge >= 0.3 is 0 Å². The number of thiocarbonyl (C=S) groups is 1. The van der Waals surface area contributed by atoms with Crippen LogP contribution in [0, 0.1) is 5.82 Å². The first-order valence-electron chi connectivity index (χ1n) is 5.60. The summed E-state index contributed by atoms with van der Waals surface area (Å²) in [5.74, 6) is -0.789. The Labute approximate surface area is 110 Å². The van der Waals surface area contributed by atoms with Crippen molar-refractivity contribution in [1.29, 1.82) is 0 Å². The molecule has 96 valence electrons. The molecule has 6 heteroatoms. The zero-order chi connectivity index (χ0) is 13.0. The Morgan fingerprint density at radius 1 is 1.39 bits per heavy atom. The number of hydrogen-bond donors (Lipinski definition) is 1. The van der Waals surface area contributed by atoms with Gasteiger partial charge in [-0.3, -0.25) is 4.79 Å². The molecule has 0 aromatic heterocycles. The van der Waals surface area contributed by atoms with Crippen molar-refractivity contribution in [3.8, 4) is 0 Å². The van der Waals surface area contributed by atoms with Crippen LogP contribution in [0.2, 0.25) is 0 Å². The van der Waals surface area contributed by atoms with Crippen LogP contribution in [0.15, 0.2) is 24.3 Å². The summed E-state index contributed by atoms with van der Waals surface area (Å²) in [5, 5.41) is 2.58. The smallest absolute Gasteiger partial charge is 0.283 e. The first kappa shape index (κ1) is 12.9. The van der Waals surface area contributed by atoms with Crippen LogP contribution in [0.3, 0.4) is 0 Å². The van der Waals surface area contributed by atoms with Gasteiger partial charge in [0.15, 0.2) is 4.99 Å². The summed E-state index contributed by atoms with van der Waals surface area (Å²) >= 11 is 5.09. The fraction of sp³-hybridized carbons (Fsp3) is 0.333. The summed E-state index contributed by atoms with van der Waals surface area (Å²) in [6, 6.07) is 5.71. The summed E-state index contributed by atoms with van der Waals surface area (Å²) < 4.78 is 18.1. The zero-order valence-electron chi connectivity index (χ0n) is 9.69. The van der Waals surface area contributed by atoms with E-state index in [1.807, 2.05) is 0 Å². The number of anilines is 1. The molecule has 0 bridgehead atoms. The number of carbonyl (C=O) groups is 1. The van der Waals surface area contributed by atoms with E-state index >= 15 is 0 Å². The second-order valence-corrected chi connectivity index (χ2v) is 4.26. The van der Waals surface area contributed by atoms with Gasteiger partial charge in [0.25, 0.3) is 5.91 Å². The van der Waals surface area contributed by atoms with Crippen LogP contribution < -0.4 is 5.32 Å². The van der Waals surface area contributed by atoms with E-state index in [-0.39, 0.29) is 4.99 Å². The monoisotopic (exact) mass is 268 g/mol. The predicted molar refractivity (Wildman–Crippen MR) is 70.0 cm³/mol. The lowest BCUT2D eigenvalue weighted by Gasteiger charge is -2.28. The van der Waals surface area contributed by atoms with E-state index in [0.717, 1.165) is 0 Å². The van der Waals surface area contributed by atoms with Crippen molar-refractivity contribution in [2.24, 2.45) is 0 Å². The van der Waals surface area contributed by atoms with Gasteiger partial charge in [0.2, 0.25) is 0 Å². The van der Waals surface area contributed by atoms with Crippen LogP contribution in [0.1, 0.15) is 0 Å². The van der Waals surface area contributed by atoms with Crippen LogP contribution >= 0.6 is 12.2 Å². The van der Waals surface area contributed by atoms with Crippen molar-refractivity contribution in [3.05, 3.63) is 30.1 Å². The third-order valence-corrected chi connectivity index (χ3v) is 3.02. The number of ether oxygens (including phenoxy) is 1. The van der Waals surface area contributed by atoms with Gasteiger partial charge in [-0.1, -0.05) is 18.3 Å². The predicted octanol–water partition coefficient (Wildman–Crippen LogP) is 1.42. The third-order valence-electron chi connectivity index (χ3n) is 2.58. The molecule has 0 spiro atoms. The first-order valence-corrected chi connectivity index (χ1v) is 6.01. The fourth-order valence-corrected chi connectivity index (χ4v) is 1.89. The summed E-state index contributed by atoms with van der Waals surface area (Å²) in [7, 11) is 0. The van der Waals surface area contributed by atoms with Crippen LogP contribution in [-0.2, 0) is 9.53 Å². The maximum Gasteiger partial charge on any atom is 0.283 e. The van der Waals surface area contributed by atoms with Gasteiger partial charge in [0.05, 0.1) is 13.2 Å². The molecule has 1 heterocycles. The summed E-state index contributed by atoms with van der Waals surface area (Å²) in [6.45, 7) is 2.34. The largest absolute Gasteiger partial charge is 0.378 e. The van der Waals surface area contributed by atoms with Crippen molar-refractivity contribution < 1.29 is 13.9 Å². The molecule has 1 aromatic carbocycles. The van der Waals surface area contributed by atoms with E-state index in [1.54, 1.807) is 11.0 Å². The average Bonchev–Trinajstić information content (AvgIpc) is 2.39. The Balaban J connectivity index is 1.96. The molecule has 1 saturated heterocycles. The fourth-order valence-electron chi connectivity index (χ4n) is 1.66. The van der Waals surface area contributed by atoms with Crippen molar-refractivity contribution in [3.63, 3.8) is 0 Å². The van der Waals surface area contributed by atoms with Crippen molar-refractivity contribution >= 4 is 28.8 Å². The van der Waals surface area contributed by atoms with Gasteiger partial charge < -0.3 is 15.0 Å². The van der Waals surface area contributed by atoms with E-state index in [9.17, 15) is 9.18 Å². The summed E-state index contributed by atoms with van der Waals surface area (Å²) in [5.41, 5.74) is 0.399. The molecule has 1 N–H and O–H groups in total. The van der Waals surface area contributed by atoms with E-state index in [0.29, 0.717) is 32.0 Å². The lowest BCUT2D eigenvalue weighted by Crippen LogP contribution is -2.44. The topological polar surface area (TPSA) is 41.6 Å². The first-order chi connectivity index (χ1) is 8.66. The SMILES string of the molecule is O=C(Nc1cccc(F)c1)C(=S)N1CCOCC1. The number of hydrogen-bond acceptors (Lipinski definition) is 3. The van der Waals surface area contributed by atoms with E-state index in [2.05, 4.69) is 5.32 Å². The van der Waals surface area contributed by atoms with Crippen LogP contribution in [-0.4, -0.2) is 42.1 Å². The second-order valence-electron chi connectivity index (χ2n) is 3.87. The van der Waals surface area contributed by atoms with E-state index < -0.39 is 11.7 Å². The summed E-state index contributed by atoms with van der Waals surface area (Å²) in [6.07, 6.45) is 0. The molecule has 0 radical (unpaired) electrons. The molecular weight excluding hydrogens is 255 g/mol. The highest BCUT2D eigenvalue weighted by Gasteiger charge is 2.19. The highest BCUT2D eigenvalue weighted by Crippen LogP contribution is 2.10. The Hall–Kier alpha value is -1.53. The molecule has 1 aliphatic rings. The number of morpholine rings is 1. The van der Waals surface area contributed by atoms with Gasteiger partial charge in [-0.2, -0.15) is 0 Å². The quantitative estimate of drug-likeness (QED) is 0.782. The second kappa shape index (κ2) is 5.88. The molecule has 1 aromatic rings. The number of nitrogens with one attached hydrogen (secondary N) is 1. The van der Waals surface area contributed by atoms with Gasteiger partial charge in [0, 0.05) is 18.8 Å². The number of carbonyl (C=O) groups excluding carboxylic acids is 1. The third kappa shape index (κ3) is 3.24. The maximum atomic E-state index is 13.0. The Morgan fingerprint density at radius 2 is 2.11 bits per heavy atom. The van der Waals surface area contributed by atoms with Gasteiger partial charge in [-0.25, -0.2) is 4.39 Å². The Bertz CT molecular complexity index is 461. The Kier molecular flexibility index (Phi) is 4.22. The van der Waals surface area contributed by atoms with Crippen LogP contribution in [0.5, 0.6) is 0 Å². The molecule has 0 saturated carbocycles. The van der Waals surface area contributed by atoms with Crippen molar-refractivity contribution in [1.82, 2.24) is 4.90 Å². The van der Waals surface area contributed by atoms with E-state index in [4.69, 9.17) is 17.0 Å². The maximum absolute atomic E-state index is 13.0. The molecule has 18 heavy (non-hydrogen) atoms. The highest BCUT2D eigenvalue weighted by molar-refractivity contribution is 7.82. The average molecular weight is 268 g/mol. The Morgan fingerprint density at radius 3 is 2.78 bits per heavy atom. The summed E-state index contributed by atoms with van der Waals surface area (Å²) in [4.78, 5) is 13.9. The molecule has 1 fully saturated rings. The minimum absolute atomic E-state index is 0.211. The van der Waals surface area contributed by atoms with Gasteiger partial charge in [-0.15, -0.1) is 0 Å². The lowest BCUT2D eigenvalue weighted by molar-refractivity contribution is -0.111. The molecule has 4 nitrogen and oxygen atoms in total. The molecule has 0 atom stereocenters. The van der Waals surface area contributed by atoms with E-state index in [1.165, 1.54) is 18.2 Å². The molecular formula is C12H13FN2O2S. The standard InChI is InChI=1S/C12H13FN2O2S/c13-9-2-1-3-10(8-9)14-11(16)12(18)15-4-6-17-7-5-15/h1-3,8H,4-7H2,(H,14,16). The number of amides is 1. The van der Waals surface area contributed by atoms with Crippen LogP contribution in [0.25, 0.3) is 0 Å². The molecule has 1 amide bonds. The zero-order valence-corrected chi connectivity index (χ0v) is 10.5. The van der Waals surface area contributed by atoms with Crippen molar-refractivity contribution in [2.45, 2.75) is 0 Å². The number of rotatable bonds is 1. The lowest BCUT2D eigenvalue weighted by atomic mass is 10.3. The molecule has 0 aliphatic carbocycles. The number of benzene rings is 1. The molecule has 0 unspecified atom stereocenters. The highest BCUT2D eigenvalue weighted by atomic mass is 32.1. The molecule has 2 rings (SSSR count). The van der Waals surface area contributed by atoms with Gasteiger partial charge in [0.1, 0.15) is 5.82 Å². The molecule has 1 aliphatic heterocycles.